The minimum Gasteiger partial charge on any atom is -0.501 e. The summed E-state index contributed by atoms with van der Waals surface area (Å²) in [5.41, 5.74) is 0.107. The van der Waals surface area contributed by atoms with Gasteiger partial charge in [0.1, 0.15) is 0 Å². The van der Waals surface area contributed by atoms with Crippen LogP contribution in [0.5, 0.6) is 0 Å². The zero-order chi connectivity index (χ0) is 24.0. The molecule has 0 bridgehead atoms. The lowest BCUT2D eigenvalue weighted by molar-refractivity contribution is -0.137. The number of hydrogen-bond donors (Lipinski definition) is 1. The number of halogens is 5. The Morgan fingerprint density at radius 2 is 1.94 bits per heavy atom. The molecule has 1 aromatic heterocycles. The summed E-state index contributed by atoms with van der Waals surface area (Å²) in [7, 11) is 1.58. The van der Waals surface area contributed by atoms with Crippen molar-refractivity contribution >= 4 is 40.8 Å². The van der Waals surface area contributed by atoms with Crippen LogP contribution in [0.1, 0.15) is 18.1 Å². The van der Waals surface area contributed by atoms with E-state index in [0.717, 1.165) is 29.8 Å². The zero-order valence-electron chi connectivity index (χ0n) is 17.6. The maximum absolute atomic E-state index is 13.3. The van der Waals surface area contributed by atoms with Gasteiger partial charge in [0.2, 0.25) is 0 Å². The second kappa shape index (κ2) is 11.0. The zero-order valence-corrected chi connectivity index (χ0v) is 19.9. The fourth-order valence-corrected chi connectivity index (χ4v) is 3.86. The van der Waals surface area contributed by atoms with E-state index in [2.05, 4.69) is 15.1 Å². The number of anilines is 1. The predicted octanol–water partition coefficient (Wildman–Crippen LogP) is 6.68. The monoisotopic (exact) mass is 517 g/mol. The average Bonchev–Trinajstić information content (AvgIpc) is 2.77. The molecular formula is C21H20Cl2F3N5OS. The fraction of sp³-hybridized carbons (Fsp3) is 0.238. The molecule has 3 aromatic rings. The van der Waals surface area contributed by atoms with Crippen LogP contribution in [0.15, 0.2) is 65.3 Å². The second-order valence-electron chi connectivity index (χ2n) is 6.80. The highest BCUT2D eigenvalue weighted by atomic mass is 35.5. The summed E-state index contributed by atoms with van der Waals surface area (Å²) < 4.78 is 47.9. The van der Waals surface area contributed by atoms with Crippen molar-refractivity contribution in [2.24, 2.45) is 0 Å². The van der Waals surface area contributed by atoms with Gasteiger partial charge in [-0.1, -0.05) is 47.5 Å². The van der Waals surface area contributed by atoms with E-state index < -0.39 is 11.7 Å². The lowest BCUT2D eigenvalue weighted by atomic mass is 10.1. The summed E-state index contributed by atoms with van der Waals surface area (Å²) in [6, 6.07) is 8.57. The van der Waals surface area contributed by atoms with Gasteiger partial charge in [0.15, 0.2) is 0 Å². The standard InChI is InChI=1S/C21H20Cl2F3N5OS/c1-14(32-2)6-3-4-11-30-28-29-31(30)13-15-9-10-16(21(24,25)26)12-18(15)27-33-19-8-5-7-17(22)20(19)23/h3-10,12,27H,11,13H2,1-2H3/b4-3-,14-6+. The number of hydrogen-bond acceptors (Lipinski definition) is 5. The van der Waals surface area contributed by atoms with Gasteiger partial charge in [0.25, 0.3) is 0 Å². The van der Waals surface area contributed by atoms with Crippen LogP contribution in [0.2, 0.25) is 10.0 Å². The molecule has 0 saturated heterocycles. The average molecular weight is 518 g/mol. The first kappa shape index (κ1) is 25.1. The molecule has 0 unspecified atom stereocenters. The third kappa shape index (κ3) is 6.72. The molecule has 12 heteroatoms. The van der Waals surface area contributed by atoms with Crippen molar-refractivity contribution in [2.45, 2.75) is 31.1 Å². The summed E-state index contributed by atoms with van der Waals surface area (Å²) in [5.74, 6) is 0.756. The van der Waals surface area contributed by atoms with Crippen LogP contribution in [0.4, 0.5) is 18.9 Å². The van der Waals surface area contributed by atoms with E-state index in [1.807, 2.05) is 19.1 Å². The number of allylic oxidation sites excluding steroid dienone is 4. The molecule has 0 aliphatic rings. The Labute approximate surface area is 203 Å². The highest BCUT2D eigenvalue weighted by Crippen LogP contribution is 2.36. The van der Waals surface area contributed by atoms with Crippen molar-refractivity contribution in [3.8, 4) is 0 Å². The molecule has 6 nitrogen and oxygen atoms in total. The number of methoxy groups -OCH3 is 1. The first-order valence-electron chi connectivity index (χ1n) is 9.60. The first-order chi connectivity index (χ1) is 15.7. The Hall–Kier alpha value is -2.56. The molecule has 176 valence electrons. The molecule has 1 heterocycles. The van der Waals surface area contributed by atoms with E-state index in [1.165, 1.54) is 6.07 Å². The summed E-state index contributed by atoms with van der Waals surface area (Å²) in [6.45, 7) is 2.48. The number of nitrogens with one attached hydrogen (secondary N) is 1. The number of ether oxygens (including phenoxy) is 1. The third-order valence-corrected chi connectivity index (χ3v) is 6.32. The van der Waals surface area contributed by atoms with Crippen molar-refractivity contribution in [2.75, 3.05) is 11.8 Å². The second-order valence-corrected chi connectivity index (χ2v) is 8.43. The van der Waals surface area contributed by atoms with Crippen molar-refractivity contribution in [3.05, 3.63) is 81.6 Å². The van der Waals surface area contributed by atoms with Crippen molar-refractivity contribution < 1.29 is 17.9 Å². The number of rotatable bonds is 9. The minimum atomic E-state index is -4.48. The van der Waals surface area contributed by atoms with Gasteiger partial charge in [-0.15, -0.1) is 0 Å². The summed E-state index contributed by atoms with van der Waals surface area (Å²) >= 11 is 13.3. The largest absolute Gasteiger partial charge is 0.501 e. The van der Waals surface area contributed by atoms with Gasteiger partial charge in [0.05, 0.1) is 47.3 Å². The van der Waals surface area contributed by atoms with E-state index >= 15 is 0 Å². The van der Waals surface area contributed by atoms with Crippen LogP contribution >= 0.6 is 35.1 Å². The Bertz CT molecular complexity index is 1160. The van der Waals surface area contributed by atoms with Gasteiger partial charge < -0.3 is 9.46 Å². The Kier molecular flexibility index (Phi) is 8.39. The molecule has 0 radical (unpaired) electrons. The molecule has 0 aliphatic heterocycles. The van der Waals surface area contributed by atoms with E-state index in [-0.39, 0.29) is 12.2 Å². The highest BCUT2D eigenvalue weighted by molar-refractivity contribution is 8.00. The Morgan fingerprint density at radius 1 is 1.18 bits per heavy atom. The van der Waals surface area contributed by atoms with E-state index in [4.69, 9.17) is 27.9 Å². The number of alkyl halides is 3. The van der Waals surface area contributed by atoms with Crippen molar-refractivity contribution in [1.82, 2.24) is 20.0 Å². The topological polar surface area (TPSA) is 56.9 Å². The van der Waals surface area contributed by atoms with Crippen LogP contribution in [0.25, 0.3) is 0 Å². The molecule has 0 fully saturated rings. The highest BCUT2D eigenvalue weighted by Gasteiger charge is 2.31. The van der Waals surface area contributed by atoms with Crippen molar-refractivity contribution in [1.29, 1.82) is 0 Å². The molecular weight excluding hydrogens is 498 g/mol. The van der Waals surface area contributed by atoms with Crippen LogP contribution in [0.3, 0.4) is 0 Å². The Balaban J connectivity index is 1.79. The van der Waals surface area contributed by atoms with Crippen molar-refractivity contribution in [3.63, 3.8) is 0 Å². The molecule has 33 heavy (non-hydrogen) atoms. The predicted molar refractivity (Wildman–Crippen MR) is 124 cm³/mol. The maximum Gasteiger partial charge on any atom is 0.416 e. The summed E-state index contributed by atoms with van der Waals surface area (Å²) in [4.78, 5) is 3.74. The minimum absolute atomic E-state index is 0.217. The molecule has 0 spiro atoms. The van der Waals surface area contributed by atoms with Crippen LogP contribution < -0.4 is 4.72 Å². The first-order valence-corrected chi connectivity index (χ1v) is 11.2. The van der Waals surface area contributed by atoms with E-state index in [1.54, 1.807) is 41.0 Å². The van der Waals surface area contributed by atoms with Crippen LogP contribution in [0, 0.1) is 0 Å². The molecule has 0 atom stereocenters. The lowest BCUT2D eigenvalue weighted by Gasteiger charge is -2.19. The molecule has 0 aliphatic carbocycles. The van der Waals surface area contributed by atoms with Gasteiger partial charge in [0, 0.05) is 4.90 Å². The number of benzene rings is 2. The van der Waals surface area contributed by atoms with Crippen LogP contribution in [-0.4, -0.2) is 27.1 Å². The molecule has 3 rings (SSSR count). The summed E-state index contributed by atoms with van der Waals surface area (Å²) in [6.07, 6.45) is 1.00. The van der Waals surface area contributed by atoms with Gasteiger partial charge in [-0.3, -0.25) is 0 Å². The smallest absolute Gasteiger partial charge is 0.416 e. The van der Waals surface area contributed by atoms with Gasteiger partial charge in [-0.25, -0.2) is 0 Å². The number of aromatic nitrogens is 4. The van der Waals surface area contributed by atoms with E-state index in [0.29, 0.717) is 27.0 Å². The SMILES string of the molecule is CO/C(C)=C/C=C\Cn1nnn1Cc1ccc(C(F)(F)F)cc1NSc1cccc(Cl)c1Cl. The summed E-state index contributed by atoms with van der Waals surface area (Å²) in [5, 5.41) is 8.55. The van der Waals surface area contributed by atoms with Gasteiger partial charge in [-0.05, 0) is 65.2 Å². The third-order valence-electron chi connectivity index (χ3n) is 4.51. The molecule has 2 aromatic carbocycles. The Morgan fingerprint density at radius 3 is 2.61 bits per heavy atom. The fourth-order valence-electron chi connectivity index (χ4n) is 2.63. The molecule has 0 amide bonds. The van der Waals surface area contributed by atoms with Crippen LogP contribution in [-0.2, 0) is 24.0 Å². The lowest BCUT2D eigenvalue weighted by Crippen LogP contribution is -2.30. The van der Waals surface area contributed by atoms with Gasteiger partial charge >= 0.3 is 6.18 Å². The molecule has 1 N–H and O–H groups in total. The molecule has 0 saturated carbocycles. The quantitative estimate of drug-likeness (QED) is 0.195. The number of nitrogens with zero attached hydrogens (tertiary/aromatic N) is 4. The van der Waals surface area contributed by atoms with E-state index in [9.17, 15) is 13.2 Å². The van der Waals surface area contributed by atoms with Gasteiger partial charge in [-0.2, -0.15) is 22.8 Å². The maximum atomic E-state index is 13.3. The normalized spacial score (nSPS) is 12.5.